The van der Waals surface area contributed by atoms with Crippen molar-refractivity contribution in [1.29, 1.82) is 0 Å². The summed E-state index contributed by atoms with van der Waals surface area (Å²) >= 11 is 4.71. The Labute approximate surface area is 64.2 Å². The van der Waals surface area contributed by atoms with Gasteiger partial charge in [-0.1, -0.05) is 17.4 Å². The van der Waals surface area contributed by atoms with Crippen LogP contribution in [0.3, 0.4) is 0 Å². The molecular weight excluding hydrogens is 148 g/mol. The second kappa shape index (κ2) is 2.79. The molecule has 0 aliphatic rings. The number of nitrogens with zero attached hydrogens (tertiary/aromatic N) is 1. The molecule has 0 bridgehead atoms. The van der Waals surface area contributed by atoms with E-state index in [1.807, 2.05) is 6.92 Å². The third-order valence-corrected chi connectivity index (χ3v) is 1.36. The molecule has 0 spiro atoms. The summed E-state index contributed by atoms with van der Waals surface area (Å²) in [5.74, 6) is 0.785. The lowest BCUT2D eigenvalue weighted by molar-refractivity contribution is 0.396. The van der Waals surface area contributed by atoms with Crippen LogP contribution in [0.1, 0.15) is 11.3 Å². The molecule has 10 heavy (non-hydrogen) atoms. The molecule has 1 aromatic heterocycles. The first-order valence-electron chi connectivity index (χ1n) is 2.88. The summed E-state index contributed by atoms with van der Waals surface area (Å²) in [5, 5.41) is 3.58. The van der Waals surface area contributed by atoms with E-state index >= 15 is 0 Å². The van der Waals surface area contributed by atoms with Gasteiger partial charge >= 0.3 is 0 Å². The molecular formula is C6H8N2OS. The Morgan fingerprint density at radius 3 is 3.00 bits per heavy atom. The van der Waals surface area contributed by atoms with Crippen LogP contribution in [0.4, 0.5) is 0 Å². The van der Waals surface area contributed by atoms with Gasteiger partial charge in [0, 0.05) is 12.0 Å². The van der Waals surface area contributed by atoms with Crippen LogP contribution >= 0.6 is 12.2 Å². The average molecular weight is 156 g/mol. The lowest BCUT2D eigenvalue weighted by atomic mass is 10.2. The molecule has 1 rings (SSSR count). The van der Waals surface area contributed by atoms with Gasteiger partial charge in [0.1, 0.15) is 5.76 Å². The summed E-state index contributed by atoms with van der Waals surface area (Å²) in [5.41, 5.74) is 6.28. The SMILES string of the molecule is Cc1oncc1CC(N)=S. The van der Waals surface area contributed by atoms with Crippen molar-refractivity contribution in [1.82, 2.24) is 5.16 Å². The molecule has 0 unspecified atom stereocenters. The smallest absolute Gasteiger partial charge is 0.137 e. The maximum absolute atomic E-state index is 5.31. The lowest BCUT2D eigenvalue weighted by Gasteiger charge is -1.91. The summed E-state index contributed by atoms with van der Waals surface area (Å²) < 4.78 is 4.80. The van der Waals surface area contributed by atoms with Crippen LogP contribution in [0.25, 0.3) is 0 Å². The van der Waals surface area contributed by atoms with Crippen molar-refractivity contribution in [2.24, 2.45) is 5.73 Å². The summed E-state index contributed by atoms with van der Waals surface area (Å²) in [7, 11) is 0. The van der Waals surface area contributed by atoms with Crippen molar-refractivity contribution in [3.63, 3.8) is 0 Å². The fourth-order valence-corrected chi connectivity index (χ4v) is 0.832. The Hall–Kier alpha value is -0.900. The topological polar surface area (TPSA) is 52.0 Å². The van der Waals surface area contributed by atoms with Crippen molar-refractivity contribution in [3.05, 3.63) is 17.5 Å². The normalized spacial score (nSPS) is 9.70. The molecule has 3 nitrogen and oxygen atoms in total. The molecule has 54 valence electrons. The lowest BCUT2D eigenvalue weighted by Crippen LogP contribution is -2.10. The van der Waals surface area contributed by atoms with Crippen LogP contribution in [-0.2, 0) is 6.42 Å². The van der Waals surface area contributed by atoms with Gasteiger partial charge in [-0.15, -0.1) is 0 Å². The molecule has 0 fully saturated rings. The quantitative estimate of drug-likeness (QED) is 0.644. The highest BCUT2D eigenvalue weighted by Crippen LogP contribution is 2.05. The van der Waals surface area contributed by atoms with E-state index in [9.17, 15) is 0 Å². The van der Waals surface area contributed by atoms with E-state index < -0.39 is 0 Å². The molecule has 0 atom stereocenters. The number of aryl methyl sites for hydroxylation is 1. The fraction of sp³-hybridized carbons (Fsp3) is 0.333. The first-order valence-corrected chi connectivity index (χ1v) is 3.29. The monoisotopic (exact) mass is 156 g/mol. The Bertz CT molecular complexity index is 244. The molecule has 0 amide bonds. The van der Waals surface area contributed by atoms with Crippen LogP contribution in [0.2, 0.25) is 0 Å². The molecule has 0 radical (unpaired) electrons. The zero-order valence-electron chi connectivity index (χ0n) is 5.63. The second-order valence-electron chi connectivity index (χ2n) is 2.05. The molecule has 0 saturated heterocycles. The van der Waals surface area contributed by atoms with Crippen molar-refractivity contribution in [2.75, 3.05) is 0 Å². The van der Waals surface area contributed by atoms with Gasteiger partial charge in [0.2, 0.25) is 0 Å². The Kier molecular flexibility index (Phi) is 2.01. The van der Waals surface area contributed by atoms with Crippen LogP contribution in [0.5, 0.6) is 0 Å². The van der Waals surface area contributed by atoms with Crippen molar-refractivity contribution in [2.45, 2.75) is 13.3 Å². The first kappa shape index (κ1) is 7.21. The molecule has 0 aliphatic carbocycles. The van der Waals surface area contributed by atoms with Crippen molar-refractivity contribution in [3.8, 4) is 0 Å². The number of hydrogen-bond acceptors (Lipinski definition) is 3. The maximum atomic E-state index is 5.31. The number of hydrogen-bond donors (Lipinski definition) is 1. The summed E-state index contributed by atoms with van der Waals surface area (Å²) in [4.78, 5) is 0.464. The van der Waals surface area contributed by atoms with E-state index in [2.05, 4.69) is 5.16 Å². The van der Waals surface area contributed by atoms with Crippen molar-refractivity contribution >= 4 is 17.2 Å². The van der Waals surface area contributed by atoms with Gasteiger partial charge in [-0.05, 0) is 6.92 Å². The largest absolute Gasteiger partial charge is 0.393 e. The minimum atomic E-state index is 0.464. The summed E-state index contributed by atoms with van der Waals surface area (Å²) in [6, 6.07) is 0. The second-order valence-corrected chi connectivity index (χ2v) is 2.57. The van der Waals surface area contributed by atoms with Gasteiger partial charge in [-0.3, -0.25) is 0 Å². The number of nitrogens with two attached hydrogens (primary N) is 1. The first-order chi connectivity index (χ1) is 4.70. The Morgan fingerprint density at radius 2 is 2.60 bits per heavy atom. The highest BCUT2D eigenvalue weighted by Gasteiger charge is 2.02. The zero-order chi connectivity index (χ0) is 7.56. The third-order valence-electron chi connectivity index (χ3n) is 1.22. The Morgan fingerprint density at radius 1 is 1.90 bits per heavy atom. The van der Waals surface area contributed by atoms with Gasteiger partial charge in [-0.25, -0.2) is 0 Å². The number of aromatic nitrogens is 1. The number of rotatable bonds is 2. The van der Waals surface area contributed by atoms with E-state index in [-0.39, 0.29) is 0 Å². The average Bonchev–Trinajstić information content (AvgIpc) is 2.15. The molecule has 0 aliphatic heterocycles. The van der Waals surface area contributed by atoms with E-state index in [1.54, 1.807) is 6.20 Å². The van der Waals surface area contributed by atoms with Crippen molar-refractivity contribution < 1.29 is 4.52 Å². The van der Waals surface area contributed by atoms with E-state index in [0.29, 0.717) is 11.4 Å². The molecule has 1 aromatic rings. The predicted molar refractivity (Wildman–Crippen MR) is 41.7 cm³/mol. The zero-order valence-corrected chi connectivity index (χ0v) is 6.44. The van der Waals surface area contributed by atoms with Gasteiger partial charge < -0.3 is 10.3 Å². The third kappa shape index (κ3) is 1.54. The number of thiocarbonyl (C=S) groups is 1. The Balaban J connectivity index is 2.74. The van der Waals surface area contributed by atoms with E-state index in [4.69, 9.17) is 22.5 Å². The molecule has 4 heteroatoms. The summed E-state index contributed by atoms with van der Waals surface area (Å²) in [6.07, 6.45) is 2.21. The maximum Gasteiger partial charge on any atom is 0.137 e. The predicted octanol–water partition coefficient (Wildman–Crippen LogP) is 0.812. The molecule has 0 aromatic carbocycles. The minimum Gasteiger partial charge on any atom is -0.393 e. The van der Waals surface area contributed by atoms with Crippen LogP contribution in [-0.4, -0.2) is 10.1 Å². The van der Waals surface area contributed by atoms with Gasteiger partial charge in [0.25, 0.3) is 0 Å². The summed E-state index contributed by atoms with van der Waals surface area (Å²) in [6.45, 7) is 1.83. The molecule has 2 N–H and O–H groups in total. The van der Waals surface area contributed by atoms with Crippen LogP contribution in [0, 0.1) is 6.92 Å². The van der Waals surface area contributed by atoms with E-state index in [0.717, 1.165) is 11.3 Å². The minimum absolute atomic E-state index is 0.464. The highest BCUT2D eigenvalue weighted by atomic mass is 32.1. The van der Waals surface area contributed by atoms with Crippen LogP contribution < -0.4 is 5.73 Å². The van der Waals surface area contributed by atoms with E-state index in [1.165, 1.54) is 0 Å². The van der Waals surface area contributed by atoms with Gasteiger partial charge in [-0.2, -0.15) is 0 Å². The van der Waals surface area contributed by atoms with Crippen LogP contribution in [0.15, 0.2) is 10.7 Å². The highest BCUT2D eigenvalue weighted by molar-refractivity contribution is 7.80. The molecule has 0 saturated carbocycles. The molecule has 1 heterocycles. The van der Waals surface area contributed by atoms with Gasteiger partial charge in [0.15, 0.2) is 0 Å². The fourth-order valence-electron chi connectivity index (χ4n) is 0.676. The standard InChI is InChI=1S/C6H8N2OS/c1-4-5(2-6(7)10)3-8-9-4/h3H,2H2,1H3,(H2,7,10). The van der Waals surface area contributed by atoms with Gasteiger partial charge in [0.05, 0.1) is 11.2 Å².